The van der Waals surface area contributed by atoms with Gasteiger partial charge in [0.1, 0.15) is 5.69 Å². The van der Waals surface area contributed by atoms with Gasteiger partial charge in [0.15, 0.2) is 11.0 Å². The van der Waals surface area contributed by atoms with Gasteiger partial charge in [0, 0.05) is 6.92 Å². The number of benzene rings is 2. The van der Waals surface area contributed by atoms with E-state index in [1.54, 1.807) is 0 Å². The molecule has 0 atom stereocenters. The van der Waals surface area contributed by atoms with Gasteiger partial charge in [0.2, 0.25) is 0 Å². The number of aryl methyl sites for hydroxylation is 2. The summed E-state index contributed by atoms with van der Waals surface area (Å²) in [5, 5.41) is 0. The van der Waals surface area contributed by atoms with Crippen molar-refractivity contribution in [1.29, 1.82) is 0 Å². The monoisotopic (exact) mass is 251 g/mol. The lowest BCUT2D eigenvalue weighted by molar-refractivity contribution is -0.652. The summed E-state index contributed by atoms with van der Waals surface area (Å²) in [6.07, 6.45) is 0. The van der Waals surface area contributed by atoms with Crippen LogP contribution in [0.1, 0.15) is 17.0 Å². The molecule has 96 valence electrons. The Bertz CT molecular complexity index is 766. The standard InChI is InChI=1S/C17H19N2/c1-12-8-7-11-15(13(12)2)19-14(3)18(4)16-9-5-6-10-17(16)19/h5-11H,1-4H3/q+1. The van der Waals surface area contributed by atoms with Gasteiger partial charge in [0.25, 0.3) is 5.82 Å². The Labute approximate surface area is 113 Å². The maximum atomic E-state index is 2.34. The van der Waals surface area contributed by atoms with E-state index in [0.29, 0.717) is 0 Å². The fraction of sp³-hybridized carbons (Fsp3) is 0.235. The molecule has 2 heteroatoms. The smallest absolute Gasteiger partial charge is 0.230 e. The van der Waals surface area contributed by atoms with E-state index in [-0.39, 0.29) is 0 Å². The average molecular weight is 251 g/mol. The topological polar surface area (TPSA) is 8.81 Å². The Morgan fingerprint density at radius 3 is 2.42 bits per heavy atom. The molecular weight excluding hydrogens is 232 g/mol. The fourth-order valence-corrected chi connectivity index (χ4v) is 2.72. The van der Waals surface area contributed by atoms with Crippen LogP contribution in [-0.4, -0.2) is 4.57 Å². The van der Waals surface area contributed by atoms with Gasteiger partial charge in [-0.1, -0.05) is 24.3 Å². The summed E-state index contributed by atoms with van der Waals surface area (Å²) in [5.41, 5.74) is 6.47. The summed E-state index contributed by atoms with van der Waals surface area (Å²) in [6.45, 7) is 6.53. The van der Waals surface area contributed by atoms with Crippen molar-refractivity contribution in [2.45, 2.75) is 20.8 Å². The number of para-hydroxylation sites is 2. The summed E-state index contributed by atoms with van der Waals surface area (Å²) in [5.74, 6) is 1.25. The van der Waals surface area contributed by atoms with Crippen LogP contribution in [0.3, 0.4) is 0 Å². The molecule has 0 fully saturated rings. The van der Waals surface area contributed by atoms with Gasteiger partial charge >= 0.3 is 0 Å². The zero-order valence-electron chi connectivity index (χ0n) is 11.9. The average Bonchev–Trinajstić information content (AvgIpc) is 2.67. The third-order valence-electron chi connectivity index (χ3n) is 4.11. The van der Waals surface area contributed by atoms with Crippen molar-refractivity contribution >= 4 is 11.0 Å². The highest BCUT2D eigenvalue weighted by Gasteiger charge is 2.21. The summed E-state index contributed by atoms with van der Waals surface area (Å²) in [4.78, 5) is 0. The molecule has 0 bridgehead atoms. The van der Waals surface area contributed by atoms with E-state index in [9.17, 15) is 0 Å². The summed E-state index contributed by atoms with van der Waals surface area (Å²) in [7, 11) is 2.12. The lowest BCUT2D eigenvalue weighted by Crippen LogP contribution is -2.30. The second-order valence-corrected chi connectivity index (χ2v) is 5.15. The zero-order chi connectivity index (χ0) is 13.6. The molecule has 0 amide bonds. The summed E-state index contributed by atoms with van der Waals surface area (Å²) in [6, 6.07) is 15.0. The van der Waals surface area contributed by atoms with E-state index in [2.05, 4.69) is 79.4 Å². The predicted molar refractivity (Wildman–Crippen MR) is 78.7 cm³/mol. The van der Waals surface area contributed by atoms with Gasteiger partial charge in [-0.2, -0.15) is 4.57 Å². The zero-order valence-corrected chi connectivity index (χ0v) is 11.9. The lowest BCUT2D eigenvalue weighted by Gasteiger charge is -2.06. The quantitative estimate of drug-likeness (QED) is 0.586. The summed E-state index contributed by atoms with van der Waals surface area (Å²) >= 11 is 0. The maximum absolute atomic E-state index is 2.34. The molecule has 2 aromatic carbocycles. The van der Waals surface area contributed by atoms with E-state index in [1.165, 1.54) is 33.7 Å². The van der Waals surface area contributed by atoms with E-state index in [1.807, 2.05) is 0 Å². The first kappa shape index (κ1) is 12.0. The Morgan fingerprint density at radius 2 is 1.63 bits per heavy atom. The van der Waals surface area contributed by atoms with Gasteiger partial charge in [-0.3, -0.25) is 0 Å². The molecule has 0 aliphatic heterocycles. The van der Waals surface area contributed by atoms with E-state index >= 15 is 0 Å². The van der Waals surface area contributed by atoms with Crippen molar-refractivity contribution in [3.05, 3.63) is 59.4 Å². The molecule has 0 saturated carbocycles. The van der Waals surface area contributed by atoms with Crippen LogP contribution >= 0.6 is 0 Å². The Balaban J connectivity index is 2.43. The fourth-order valence-electron chi connectivity index (χ4n) is 2.72. The van der Waals surface area contributed by atoms with Crippen LogP contribution in [0.2, 0.25) is 0 Å². The predicted octanol–water partition coefficient (Wildman–Crippen LogP) is 3.38. The molecule has 0 N–H and O–H groups in total. The van der Waals surface area contributed by atoms with E-state index < -0.39 is 0 Å². The maximum Gasteiger partial charge on any atom is 0.259 e. The van der Waals surface area contributed by atoms with Crippen molar-refractivity contribution in [2.24, 2.45) is 7.05 Å². The second kappa shape index (κ2) is 4.23. The van der Waals surface area contributed by atoms with Crippen molar-refractivity contribution in [2.75, 3.05) is 0 Å². The number of aromatic nitrogens is 2. The molecule has 0 aliphatic rings. The van der Waals surface area contributed by atoms with Crippen molar-refractivity contribution in [3.63, 3.8) is 0 Å². The van der Waals surface area contributed by atoms with Gasteiger partial charge in [-0.15, -0.1) is 0 Å². The highest BCUT2D eigenvalue weighted by Crippen LogP contribution is 2.23. The third-order valence-corrected chi connectivity index (χ3v) is 4.11. The van der Waals surface area contributed by atoms with Crippen LogP contribution in [0.4, 0.5) is 0 Å². The largest absolute Gasteiger partial charge is 0.259 e. The Morgan fingerprint density at radius 1 is 0.895 bits per heavy atom. The van der Waals surface area contributed by atoms with Crippen LogP contribution in [-0.2, 0) is 7.05 Å². The molecule has 0 unspecified atom stereocenters. The SMILES string of the molecule is Cc1cccc(-n2c(C)[n+](C)c3ccccc32)c1C. The molecule has 19 heavy (non-hydrogen) atoms. The molecule has 1 aromatic heterocycles. The molecule has 2 nitrogen and oxygen atoms in total. The van der Waals surface area contributed by atoms with Crippen LogP contribution in [0.5, 0.6) is 0 Å². The Hall–Kier alpha value is -2.09. The first-order valence-corrected chi connectivity index (χ1v) is 6.64. The molecule has 3 aromatic rings. The minimum absolute atomic E-state index is 1.25. The van der Waals surface area contributed by atoms with Gasteiger partial charge in [-0.25, -0.2) is 4.57 Å². The summed E-state index contributed by atoms with van der Waals surface area (Å²) < 4.78 is 4.59. The van der Waals surface area contributed by atoms with Crippen LogP contribution in [0, 0.1) is 20.8 Å². The number of imidazole rings is 1. The van der Waals surface area contributed by atoms with Crippen molar-refractivity contribution < 1.29 is 4.57 Å². The van der Waals surface area contributed by atoms with Crippen LogP contribution in [0.25, 0.3) is 16.7 Å². The highest BCUT2D eigenvalue weighted by atomic mass is 15.2. The van der Waals surface area contributed by atoms with Crippen LogP contribution < -0.4 is 4.57 Å². The first-order chi connectivity index (χ1) is 9.11. The van der Waals surface area contributed by atoms with Crippen molar-refractivity contribution in [3.8, 4) is 5.69 Å². The molecule has 0 spiro atoms. The normalized spacial score (nSPS) is 11.2. The third kappa shape index (κ3) is 1.67. The lowest BCUT2D eigenvalue weighted by atomic mass is 10.1. The minimum atomic E-state index is 1.25. The highest BCUT2D eigenvalue weighted by molar-refractivity contribution is 5.75. The number of fused-ring (bicyclic) bond motifs is 1. The van der Waals surface area contributed by atoms with E-state index in [4.69, 9.17) is 0 Å². The van der Waals surface area contributed by atoms with Crippen LogP contribution in [0.15, 0.2) is 42.5 Å². The second-order valence-electron chi connectivity index (χ2n) is 5.15. The number of hydrogen-bond donors (Lipinski definition) is 0. The van der Waals surface area contributed by atoms with Gasteiger partial charge < -0.3 is 0 Å². The number of rotatable bonds is 1. The van der Waals surface area contributed by atoms with Gasteiger partial charge in [-0.05, 0) is 43.2 Å². The molecule has 3 rings (SSSR count). The first-order valence-electron chi connectivity index (χ1n) is 6.64. The minimum Gasteiger partial charge on any atom is -0.230 e. The number of hydrogen-bond acceptors (Lipinski definition) is 0. The molecular formula is C17H19N2+. The van der Waals surface area contributed by atoms with Gasteiger partial charge in [0.05, 0.1) is 7.05 Å². The van der Waals surface area contributed by atoms with Crippen molar-refractivity contribution in [1.82, 2.24) is 4.57 Å². The van der Waals surface area contributed by atoms with E-state index in [0.717, 1.165) is 0 Å². The molecule has 0 aliphatic carbocycles. The number of nitrogens with zero attached hydrogens (tertiary/aromatic N) is 2. The Kier molecular flexibility index (Phi) is 2.67. The molecule has 0 saturated heterocycles. The molecule has 0 radical (unpaired) electrons. The molecule has 1 heterocycles.